The van der Waals surface area contributed by atoms with Crippen molar-refractivity contribution in [2.45, 2.75) is 38.6 Å². The lowest BCUT2D eigenvalue weighted by Gasteiger charge is -2.35. The molecule has 0 unspecified atom stereocenters. The summed E-state index contributed by atoms with van der Waals surface area (Å²) in [4.78, 5) is 2.17. The van der Waals surface area contributed by atoms with Crippen molar-refractivity contribution in [2.75, 3.05) is 26.2 Å². The van der Waals surface area contributed by atoms with Crippen molar-refractivity contribution in [2.24, 2.45) is 0 Å². The van der Waals surface area contributed by atoms with Crippen molar-refractivity contribution in [3.8, 4) is 0 Å². The number of unbranched alkanes of at least 4 members (excludes halogenated alkanes) is 2. The Morgan fingerprint density at radius 3 is 2.55 bits per heavy atom. The van der Waals surface area contributed by atoms with E-state index in [1.54, 1.807) is 0 Å². The molecule has 22 heavy (non-hydrogen) atoms. The summed E-state index contributed by atoms with van der Waals surface area (Å²) >= 11 is 5.86. The van der Waals surface area contributed by atoms with Gasteiger partial charge in [0.1, 0.15) is 11.6 Å². The van der Waals surface area contributed by atoms with Crippen molar-refractivity contribution in [3.05, 3.63) is 34.4 Å². The Morgan fingerprint density at radius 2 is 1.91 bits per heavy atom. The first kappa shape index (κ1) is 19.6. The van der Waals surface area contributed by atoms with E-state index in [2.05, 4.69) is 17.1 Å². The fourth-order valence-corrected chi connectivity index (χ4v) is 3.10. The lowest BCUT2D eigenvalue weighted by Crippen LogP contribution is -2.45. The maximum absolute atomic E-state index is 14.4. The molecule has 126 valence electrons. The molecule has 1 aromatic carbocycles. The molecule has 6 heteroatoms. The van der Waals surface area contributed by atoms with Crippen LogP contribution in [0.4, 0.5) is 8.78 Å². The lowest BCUT2D eigenvalue weighted by molar-refractivity contribution is 0.156. The SMILES string of the molecule is CCCCC[C@@H](c1c(F)ccc(Cl)c1F)N1CCNCC1.Cl. The Balaban J connectivity index is 0.00000242. The van der Waals surface area contributed by atoms with E-state index in [1.165, 1.54) is 12.1 Å². The normalized spacial score (nSPS) is 17.1. The number of benzene rings is 1. The lowest BCUT2D eigenvalue weighted by atomic mass is 9.97. The fourth-order valence-electron chi connectivity index (χ4n) is 2.94. The second-order valence-electron chi connectivity index (χ2n) is 5.55. The zero-order valence-corrected chi connectivity index (χ0v) is 14.5. The van der Waals surface area contributed by atoms with Crippen LogP contribution in [0.5, 0.6) is 0 Å². The van der Waals surface area contributed by atoms with Gasteiger partial charge >= 0.3 is 0 Å². The van der Waals surface area contributed by atoms with Gasteiger partial charge < -0.3 is 5.32 Å². The topological polar surface area (TPSA) is 15.3 Å². The molecular weight excluding hydrogens is 329 g/mol. The quantitative estimate of drug-likeness (QED) is 0.596. The van der Waals surface area contributed by atoms with E-state index in [9.17, 15) is 8.78 Å². The van der Waals surface area contributed by atoms with Crippen LogP contribution in [-0.2, 0) is 0 Å². The van der Waals surface area contributed by atoms with Crippen LogP contribution in [0.3, 0.4) is 0 Å². The van der Waals surface area contributed by atoms with Gasteiger partial charge in [0.25, 0.3) is 0 Å². The van der Waals surface area contributed by atoms with E-state index in [0.29, 0.717) is 0 Å². The van der Waals surface area contributed by atoms with Crippen molar-refractivity contribution in [1.82, 2.24) is 10.2 Å². The number of hydrogen-bond donors (Lipinski definition) is 1. The van der Waals surface area contributed by atoms with Crippen LogP contribution in [0.15, 0.2) is 12.1 Å². The van der Waals surface area contributed by atoms with Gasteiger partial charge in [-0.05, 0) is 18.6 Å². The average Bonchev–Trinajstić information content (AvgIpc) is 2.51. The van der Waals surface area contributed by atoms with E-state index >= 15 is 0 Å². The maximum atomic E-state index is 14.4. The summed E-state index contributed by atoms with van der Waals surface area (Å²) in [6.45, 7) is 5.45. The van der Waals surface area contributed by atoms with E-state index in [4.69, 9.17) is 11.6 Å². The van der Waals surface area contributed by atoms with Crippen molar-refractivity contribution in [3.63, 3.8) is 0 Å². The van der Waals surface area contributed by atoms with Gasteiger partial charge in [0.15, 0.2) is 0 Å². The molecule has 1 fully saturated rings. The van der Waals surface area contributed by atoms with Gasteiger partial charge in [-0.25, -0.2) is 8.78 Å². The minimum absolute atomic E-state index is 0. The van der Waals surface area contributed by atoms with Crippen LogP contribution >= 0.6 is 24.0 Å². The monoisotopic (exact) mass is 352 g/mol. The predicted octanol–water partition coefficient (Wildman–Crippen LogP) is 4.57. The van der Waals surface area contributed by atoms with Crippen molar-refractivity contribution in [1.29, 1.82) is 0 Å². The molecular formula is C16H24Cl2F2N2. The first-order valence-corrected chi connectivity index (χ1v) is 8.11. The Morgan fingerprint density at radius 1 is 1.23 bits per heavy atom. The maximum Gasteiger partial charge on any atom is 0.149 e. The number of halogens is 4. The standard InChI is InChI=1S/C16H23ClF2N2.ClH/c1-2-3-4-5-14(21-10-8-20-9-11-21)15-13(18)7-6-12(17)16(15)19;/h6-7,14,20H,2-5,8-11H2,1H3;1H/t14-;/m0./s1. The molecule has 0 bridgehead atoms. The number of piperazine rings is 1. The molecule has 2 nitrogen and oxygen atoms in total. The molecule has 1 atom stereocenters. The molecule has 1 aromatic rings. The molecule has 2 rings (SSSR count). The van der Waals surface area contributed by atoms with Gasteiger partial charge in [0.05, 0.1) is 5.02 Å². The first-order chi connectivity index (χ1) is 10.1. The van der Waals surface area contributed by atoms with Crippen LogP contribution in [0, 0.1) is 11.6 Å². The molecule has 1 saturated heterocycles. The van der Waals surface area contributed by atoms with Crippen LogP contribution in [0.25, 0.3) is 0 Å². The molecule has 1 heterocycles. The summed E-state index contributed by atoms with van der Waals surface area (Å²) in [6, 6.07) is 2.34. The largest absolute Gasteiger partial charge is 0.314 e. The third-order valence-electron chi connectivity index (χ3n) is 4.09. The number of rotatable bonds is 6. The summed E-state index contributed by atoms with van der Waals surface area (Å²) in [5.41, 5.74) is 0.139. The molecule has 0 aromatic heterocycles. The summed E-state index contributed by atoms with van der Waals surface area (Å²) < 4.78 is 28.6. The molecule has 0 saturated carbocycles. The van der Waals surface area contributed by atoms with Gasteiger partial charge in [-0.15, -0.1) is 12.4 Å². The minimum atomic E-state index is -0.600. The van der Waals surface area contributed by atoms with Crippen LogP contribution in [-0.4, -0.2) is 31.1 Å². The molecule has 0 radical (unpaired) electrons. The minimum Gasteiger partial charge on any atom is -0.314 e. The summed E-state index contributed by atoms with van der Waals surface area (Å²) in [5, 5.41) is 3.28. The van der Waals surface area contributed by atoms with Gasteiger partial charge in [-0.2, -0.15) is 0 Å². The highest BCUT2D eigenvalue weighted by Gasteiger charge is 2.28. The molecule has 0 spiro atoms. The highest BCUT2D eigenvalue weighted by Crippen LogP contribution is 2.33. The third kappa shape index (κ3) is 4.79. The molecule has 0 aliphatic carbocycles. The second kappa shape index (κ2) is 9.66. The van der Waals surface area contributed by atoms with E-state index in [-0.39, 0.29) is 29.0 Å². The summed E-state index contributed by atoms with van der Waals surface area (Å²) in [5.74, 6) is -1.09. The van der Waals surface area contributed by atoms with Crippen LogP contribution < -0.4 is 5.32 Å². The molecule has 1 aliphatic heterocycles. The Kier molecular flexibility index (Phi) is 8.62. The van der Waals surface area contributed by atoms with Crippen LogP contribution in [0.2, 0.25) is 5.02 Å². The van der Waals surface area contributed by atoms with Gasteiger partial charge in [0, 0.05) is 37.8 Å². The van der Waals surface area contributed by atoms with E-state index in [1.807, 2.05) is 0 Å². The zero-order chi connectivity index (χ0) is 15.2. The number of nitrogens with one attached hydrogen (secondary N) is 1. The van der Waals surface area contributed by atoms with E-state index in [0.717, 1.165) is 51.9 Å². The fraction of sp³-hybridized carbons (Fsp3) is 0.625. The summed E-state index contributed by atoms with van der Waals surface area (Å²) in [7, 11) is 0. The highest BCUT2D eigenvalue weighted by molar-refractivity contribution is 6.30. The predicted molar refractivity (Wildman–Crippen MR) is 89.9 cm³/mol. The number of nitrogens with zero attached hydrogens (tertiary/aromatic N) is 1. The Bertz CT molecular complexity index is 466. The summed E-state index contributed by atoms with van der Waals surface area (Å²) in [6.07, 6.45) is 3.90. The zero-order valence-electron chi connectivity index (χ0n) is 12.9. The third-order valence-corrected chi connectivity index (χ3v) is 4.38. The second-order valence-corrected chi connectivity index (χ2v) is 5.96. The van der Waals surface area contributed by atoms with Crippen LogP contribution in [0.1, 0.15) is 44.2 Å². The van der Waals surface area contributed by atoms with Crippen molar-refractivity contribution < 1.29 is 8.78 Å². The average molecular weight is 353 g/mol. The molecule has 0 amide bonds. The Hall–Kier alpha value is -0.420. The van der Waals surface area contributed by atoms with E-state index < -0.39 is 11.6 Å². The van der Waals surface area contributed by atoms with Gasteiger partial charge in [-0.1, -0.05) is 37.8 Å². The van der Waals surface area contributed by atoms with Gasteiger partial charge in [-0.3, -0.25) is 4.90 Å². The molecule has 1 aliphatic rings. The van der Waals surface area contributed by atoms with Gasteiger partial charge in [0.2, 0.25) is 0 Å². The van der Waals surface area contributed by atoms with Crippen molar-refractivity contribution >= 4 is 24.0 Å². The Labute approximate surface area is 142 Å². The smallest absolute Gasteiger partial charge is 0.149 e. The molecule has 1 N–H and O–H groups in total. The number of hydrogen-bond acceptors (Lipinski definition) is 2. The first-order valence-electron chi connectivity index (χ1n) is 7.73. The highest BCUT2D eigenvalue weighted by atomic mass is 35.5.